The first-order valence-electron chi connectivity index (χ1n) is 5.08. The molecule has 1 amide bonds. The third-order valence-corrected chi connectivity index (χ3v) is 2.36. The standard InChI is InChI=1S/C10H18N2O2/c1-8(2)12-10(14)5-7-11(12)6-4-9(3)13/h8H,4-7H2,1-3H3. The highest BCUT2D eigenvalue weighted by Crippen LogP contribution is 2.15. The average Bonchev–Trinajstić information content (AvgIpc) is 2.43. The van der Waals surface area contributed by atoms with E-state index in [0.29, 0.717) is 19.4 Å². The summed E-state index contributed by atoms with van der Waals surface area (Å²) in [7, 11) is 0. The summed E-state index contributed by atoms with van der Waals surface area (Å²) in [6, 6.07) is 0.192. The maximum Gasteiger partial charge on any atom is 0.238 e. The van der Waals surface area contributed by atoms with E-state index in [4.69, 9.17) is 0 Å². The number of amides is 1. The third kappa shape index (κ3) is 2.54. The molecule has 1 aliphatic rings. The fraction of sp³-hybridized carbons (Fsp3) is 0.800. The Labute approximate surface area is 84.8 Å². The predicted molar refractivity (Wildman–Crippen MR) is 53.5 cm³/mol. The van der Waals surface area contributed by atoms with Gasteiger partial charge in [0.2, 0.25) is 5.91 Å². The van der Waals surface area contributed by atoms with Crippen molar-refractivity contribution in [1.82, 2.24) is 10.0 Å². The quantitative estimate of drug-likeness (QED) is 0.671. The van der Waals surface area contributed by atoms with Crippen molar-refractivity contribution < 1.29 is 9.59 Å². The molecule has 0 aromatic carbocycles. The topological polar surface area (TPSA) is 40.6 Å². The zero-order valence-corrected chi connectivity index (χ0v) is 9.12. The van der Waals surface area contributed by atoms with Crippen LogP contribution in [0.3, 0.4) is 0 Å². The lowest BCUT2D eigenvalue weighted by Gasteiger charge is -2.31. The summed E-state index contributed by atoms with van der Waals surface area (Å²) in [5, 5.41) is 3.75. The SMILES string of the molecule is CC(=O)CCN1CCC(=O)N1C(C)C. The highest BCUT2D eigenvalue weighted by Gasteiger charge is 2.30. The van der Waals surface area contributed by atoms with Crippen LogP contribution in [-0.4, -0.2) is 40.8 Å². The molecule has 1 heterocycles. The molecule has 14 heavy (non-hydrogen) atoms. The number of ketones is 1. The molecule has 1 aliphatic heterocycles. The zero-order valence-electron chi connectivity index (χ0n) is 9.12. The van der Waals surface area contributed by atoms with Gasteiger partial charge in [-0.05, 0) is 20.8 Å². The number of hydrogen-bond acceptors (Lipinski definition) is 3. The molecule has 80 valence electrons. The number of hydrazine groups is 1. The second kappa shape index (κ2) is 4.55. The van der Waals surface area contributed by atoms with E-state index in [2.05, 4.69) is 0 Å². The molecule has 0 bridgehead atoms. The van der Waals surface area contributed by atoms with Crippen LogP contribution in [0.25, 0.3) is 0 Å². The summed E-state index contributed by atoms with van der Waals surface area (Å²) in [5.41, 5.74) is 0. The number of rotatable bonds is 4. The molecule has 4 nitrogen and oxygen atoms in total. The van der Waals surface area contributed by atoms with E-state index >= 15 is 0 Å². The molecule has 0 spiro atoms. The summed E-state index contributed by atoms with van der Waals surface area (Å²) < 4.78 is 0. The van der Waals surface area contributed by atoms with Gasteiger partial charge < -0.3 is 0 Å². The molecule has 0 atom stereocenters. The minimum Gasteiger partial charge on any atom is -0.300 e. The normalized spacial score (nSPS) is 18.3. The first-order chi connectivity index (χ1) is 6.52. The lowest BCUT2D eigenvalue weighted by Crippen LogP contribution is -2.44. The van der Waals surface area contributed by atoms with E-state index in [9.17, 15) is 9.59 Å². The average molecular weight is 198 g/mol. The fourth-order valence-electron chi connectivity index (χ4n) is 1.73. The number of nitrogens with zero attached hydrogens (tertiary/aromatic N) is 2. The molecular weight excluding hydrogens is 180 g/mol. The summed E-state index contributed by atoms with van der Waals surface area (Å²) in [6.07, 6.45) is 1.10. The molecule has 4 heteroatoms. The van der Waals surface area contributed by atoms with Crippen molar-refractivity contribution in [3.8, 4) is 0 Å². The smallest absolute Gasteiger partial charge is 0.238 e. The van der Waals surface area contributed by atoms with Gasteiger partial charge in [0.15, 0.2) is 0 Å². The second-order valence-electron chi connectivity index (χ2n) is 3.99. The number of carbonyl (C=O) groups is 2. The number of hydrogen-bond donors (Lipinski definition) is 0. The van der Waals surface area contributed by atoms with Gasteiger partial charge in [-0.3, -0.25) is 14.6 Å². The van der Waals surface area contributed by atoms with E-state index in [1.807, 2.05) is 18.9 Å². The van der Waals surface area contributed by atoms with Crippen LogP contribution in [0.4, 0.5) is 0 Å². The minimum absolute atomic E-state index is 0.170. The summed E-state index contributed by atoms with van der Waals surface area (Å²) >= 11 is 0. The maximum absolute atomic E-state index is 11.5. The molecule has 1 fully saturated rings. The molecule has 0 aromatic rings. The van der Waals surface area contributed by atoms with E-state index in [1.54, 1.807) is 11.9 Å². The molecule has 0 unspecified atom stereocenters. The third-order valence-electron chi connectivity index (χ3n) is 2.36. The van der Waals surface area contributed by atoms with Gasteiger partial charge >= 0.3 is 0 Å². The summed E-state index contributed by atoms with van der Waals surface area (Å²) in [6.45, 7) is 6.98. The van der Waals surface area contributed by atoms with Gasteiger partial charge in [-0.25, -0.2) is 5.01 Å². The van der Waals surface area contributed by atoms with Crippen LogP contribution < -0.4 is 0 Å². The van der Waals surface area contributed by atoms with E-state index in [-0.39, 0.29) is 17.7 Å². The van der Waals surface area contributed by atoms with Crippen LogP contribution in [0.1, 0.15) is 33.6 Å². The van der Waals surface area contributed by atoms with Gasteiger partial charge in [-0.2, -0.15) is 0 Å². The predicted octanol–water partition coefficient (Wildman–Crippen LogP) is 0.823. The largest absolute Gasteiger partial charge is 0.300 e. The van der Waals surface area contributed by atoms with Crippen LogP contribution in [0.5, 0.6) is 0 Å². The molecule has 1 saturated heterocycles. The zero-order chi connectivity index (χ0) is 10.7. The van der Waals surface area contributed by atoms with Crippen molar-refractivity contribution in [2.75, 3.05) is 13.1 Å². The van der Waals surface area contributed by atoms with Crippen LogP contribution in [0, 0.1) is 0 Å². The fourth-order valence-corrected chi connectivity index (χ4v) is 1.73. The van der Waals surface area contributed by atoms with Crippen molar-refractivity contribution in [3.63, 3.8) is 0 Å². The lowest BCUT2D eigenvalue weighted by molar-refractivity contribution is -0.142. The molecular formula is C10H18N2O2. The molecule has 0 radical (unpaired) electrons. The number of Topliss-reactive ketones (excluding diaryl/α,β-unsaturated/α-hetero) is 1. The maximum atomic E-state index is 11.5. The van der Waals surface area contributed by atoms with Crippen molar-refractivity contribution in [2.45, 2.75) is 39.7 Å². The van der Waals surface area contributed by atoms with Gasteiger partial charge in [-0.15, -0.1) is 0 Å². The van der Waals surface area contributed by atoms with Gasteiger partial charge in [-0.1, -0.05) is 0 Å². The highest BCUT2D eigenvalue weighted by atomic mass is 16.2. The Balaban J connectivity index is 2.51. The van der Waals surface area contributed by atoms with Crippen molar-refractivity contribution in [2.24, 2.45) is 0 Å². The Morgan fingerprint density at radius 2 is 2.14 bits per heavy atom. The summed E-state index contributed by atoms with van der Waals surface area (Å²) in [5.74, 6) is 0.344. The second-order valence-corrected chi connectivity index (χ2v) is 3.99. The van der Waals surface area contributed by atoms with E-state index < -0.39 is 0 Å². The van der Waals surface area contributed by atoms with Crippen molar-refractivity contribution in [1.29, 1.82) is 0 Å². The molecule has 1 rings (SSSR count). The Morgan fingerprint density at radius 3 is 2.64 bits per heavy atom. The van der Waals surface area contributed by atoms with Gasteiger partial charge in [0, 0.05) is 32.0 Å². The molecule has 0 saturated carbocycles. The van der Waals surface area contributed by atoms with Crippen molar-refractivity contribution in [3.05, 3.63) is 0 Å². The van der Waals surface area contributed by atoms with Crippen LogP contribution in [-0.2, 0) is 9.59 Å². The molecule has 0 aliphatic carbocycles. The van der Waals surface area contributed by atoms with Crippen LogP contribution in [0.15, 0.2) is 0 Å². The van der Waals surface area contributed by atoms with Gasteiger partial charge in [0.05, 0.1) is 0 Å². The molecule has 0 N–H and O–H groups in total. The Kier molecular flexibility index (Phi) is 3.63. The first kappa shape index (κ1) is 11.2. The van der Waals surface area contributed by atoms with Crippen LogP contribution in [0.2, 0.25) is 0 Å². The highest BCUT2D eigenvalue weighted by molar-refractivity contribution is 5.78. The van der Waals surface area contributed by atoms with Gasteiger partial charge in [0.25, 0.3) is 0 Å². The Bertz CT molecular complexity index is 238. The van der Waals surface area contributed by atoms with Crippen LogP contribution >= 0.6 is 0 Å². The monoisotopic (exact) mass is 198 g/mol. The first-order valence-corrected chi connectivity index (χ1v) is 5.08. The lowest BCUT2D eigenvalue weighted by atomic mass is 10.3. The number of carbonyl (C=O) groups excluding carboxylic acids is 2. The Hall–Kier alpha value is -0.900. The van der Waals surface area contributed by atoms with Crippen molar-refractivity contribution >= 4 is 11.7 Å². The minimum atomic E-state index is 0.170. The summed E-state index contributed by atoms with van der Waals surface area (Å²) in [4.78, 5) is 22.3. The van der Waals surface area contributed by atoms with Gasteiger partial charge in [0.1, 0.15) is 5.78 Å². The van der Waals surface area contributed by atoms with E-state index in [0.717, 1.165) is 6.54 Å². The van der Waals surface area contributed by atoms with E-state index in [1.165, 1.54) is 0 Å². The molecule has 0 aromatic heterocycles. The Morgan fingerprint density at radius 1 is 1.50 bits per heavy atom.